The van der Waals surface area contributed by atoms with E-state index < -0.39 is 0 Å². The molecule has 0 bridgehead atoms. The normalized spacial score (nSPS) is 20.5. The average molecular weight is 334 g/mol. The summed E-state index contributed by atoms with van der Waals surface area (Å²) in [5, 5.41) is 3.98. The zero-order valence-corrected chi connectivity index (χ0v) is 14.9. The number of aryl methyl sites for hydroxylation is 1. The third-order valence-corrected chi connectivity index (χ3v) is 5.32. The Morgan fingerprint density at radius 2 is 1.92 bits per heavy atom. The molecule has 6 heteroatoms. The van der Waals surface area contributed by atoms with Crippen LogP contribution in [0, 0.1) is 12.8 Å². The van der Waals surface area contributed by atoms with E-state index in [0.717, 1.165) is 51.1 Å². The molecular formula is C18H30N4O2. The van der Waals surface area contributed by atoms with Gasteiger partial charge in [0.1, 0.15) is 0 Å². The minimum atomic E-state index is 0.334. The van der Waals surface area contributed by atoms with Gasteiger partial charge < -0.3 is 14.3 Å². The number of hydrogen-bond donors (Lipinski definition) is 0. The third-order valence-electron chi connectivity index (χ3n) is 5.32. The van der Waals surface area contributed by atoms with Crippen molar-refractivity contribution in [3.63, 3.8) is 0 Å². The fraction of sp³-hybridized carbons (Fsp3) is 0.833. The Labute approximate surface area is 144 Å². The highest BCUT2D eigenvalue weighted by atomic mass is 16.5. The molecule has 0 aliphatic carbocycles. The molecule has 0 atom stereocenters. The maximum absolute atomic E-state index is 12.4. The molecule has 0 saturated carbocycles. The largest absolute Gasteiger partial charge is 0.343 e. The SMILES string of the molecule is Cc1nc(CC2CCN(C(=O)CCCN3CCCCC3)CC2)no1. The van der Waals surface area contributed by atoms with Crippen molar-refractivity contribution in [3.8, 4) is 0 Å². The smallest absolute Gasteiger partial charge is 0.223 e. The van der Waals surface area contributed by atoms with Gasteiger partial charge in [-0.3, -0.25) is 4.79 Å². The Bertz CT molecular complexity index is 517. The van der Waals surface area contributed by atoms with E-state index in [4.69, 9.17) is 4.52 Å². The quantitative estimate of drug-likeness (QED) is 0.799. The maximum Gasteiger partial charge on any atom is 0.223 e. The summed E-state index contributed by atoms with van der Waals surface area (Å²) in [7, 11) is 0. The van der Waals surface area contributed by atoms with Crippen molar-refractivity contribution in [3.05, 3.63) is 11.7 Å². The van der Waals surface area contributed by atoms with E-state index >= 15 is 0 Å². The Kier molecular flexibility index (Phi) is 6.24. The fourth-order valence-corrected chi connectivity index (χ4v) is 3.86. The van der Waals surface area contributed by atoms with Gasteiger partial charge in [0.05, 0.1) is 0 Å². The number of piperidine rings is 2. The van der Waals surface area contributed by atoms with Crippen molar-refractivity contribution in [2.45, 2.75) is 58.3 Å². The van der Waals surface area contributed by atoms with Crippen LogP contribution in [0.2, 0.25) is 0 Å². The third kappa shape index (κ3) is 5.03. The summed E-state index contributed by atoms with van der Waals surface area (Å²) in [6, 6.07) is 0. The van der Waals surface area contributed by atoms with Crippen molar-refractivity contribution in [2.75, 3.05) is 32.7 Å². The zero-order chi connectivity index (χ0) is 16.8. The lowest BCUT2D eigenvalue weighted by Gasteiger charge is -2.32. The van der Waals surface area contributed by atoms with Crippen LogP contribution in [0.3, 0.4) is 0 Å². The first kappa shape index (κ1) is 17.4. The van der Waals surface area contributed by atoms with E-state index in [9.17, 15) is 4.79 Å². The molecule has 2 fully saturated rings. The first-order valence-electron chi connectivity index (χ1n) is 9.50. The molecule has 1 aromatic rings. The van der Waals surface area contributed by atoms with Crippen molar-refractivity contribution < 1.29 is 9.32 Å². The molecule has 2 aliphatic rings. The summed E-state index contributed by atoms with van der Waals surface area (Å²) >= 11 is 0. The first-order valence-corrected chi connectivity index (χ1v) is 9.50. The Hall–Kier alpha value is -1.43. The summed E-state index contributed by atoms with van der Waals surface area (Å²) in [4.78, 5) is 21.2. The summed E-state index contributed by atoms with van der Waals surface area (Å²) in [6.07, 6.45) is 8.67. The predicted molar refractivity (Wildman–Crippen MR) is 91.6 cm³/mol. The van der Waals surface area contributed by atoms with Gasteiger partial charge >= 0.3 is 0 Å². The van der Waals surface area contributed by atoms with Crippen LogP contribution < -0.4 is 0 Å². The predicted octanol–water partition coefficient (Wildman–Crippen LogP) is 2.43. The van der Waals surface area contributed by atoms with Crippen LogP contribution in [0.1, 0.15) is 56.7 Å². The number of aromatic nitrogens is 2. The van der Waals surface area contributed by atoms with Gasteiger partial charge in [0.15, 0.2) is 5.82 Å². The first-order chi connectivity index (χ1) is 11.7. The molecule has 0 radical (unpaired) electrons. The van der Waals surface area contributed by atoms with E-state index in [1.165, 1.54) is 32.4 Å². The van der Waals surface area contributed by atoms with Gasteiger partial charge in [0, 0.05) is 32.9 Å². The van der Waals surface area contributed by atoms with Gasteiger partial charge in [-0.15, -0.1) is 0 Å². The number of carbonyl (C=O) groups excluding carboxylic acids is 1. The lowest BCUT2D eigenvalue weighted by molar-refractivity contribution is -0.132. The van der Waals surface area contributed by atoms with Crippen molar-refractivity contribution in [1.29, 1.82) is 0 Å². The second-order valence-electron chi connectivity index (χ2n) is 7.26. The Balaban J connectivity index is 1.32. The molecule has 2 aliphatic heterocycles. The number of rotatable bonds is 6. The lowest BCUT2D eigenvalue weighted by Crippen LogP contribution is -2.39. The topological polar surface area (TPSA) is 62.5 Å². The summed E-state index contributed by atoms with van der Waals surface area (Å²) in [5.41, 5.74) is 0. The molecule has 1 amide bonds. The molecule has 0 spiro atoms. The van der Waals surface area contributed by atoms with Crippen LogP contribution in [-0.2, 0) is 11.2 Å². The van der Waals surface area contributed by atoms with Gasteiger partial charge in [0.2, 0.25) is 11.8 Å². The van der Waals surface area contributed by atoms with Crippen LogP contribution in [0.25, 0.3) is 0 Å². The standard InChI is InChI=1S/C18H30N4O2/c1-15-19-17(20-24-15)14-16-7-12-22(13-8-16)18(23)6-5-11-21-9-3-2-4-10-21/h16H,2-14H2,1H3. The van der Waals surface area contributed by atoms with Crippen LogP contribution >= 0.6 is 0 Å². The monoisotopic (exact) mass is 334 g/mol. The number of hydrogen-bond acceptors (Lipinski definition) is 5. The molecule has 2 saturated heterocycles. The van der Waals surface area contributed by atoms with Gasteiger partial charge in [-0.05, 0) is 57.7 Å². The van der Waals surface area contributed by atoms with Crippen molar-refractivity contribution >= 4 is 5.91 Å². The van der Waals surface area contributed by atoms with Crippen LogP contribution in [0.15, 0.2) is 4.52 Å². The Morgan fingerprint density at radius 3 is 2.58 bits per heavy atom. The summed E-state index contributed by atoms with van der Waals surface area (Å²) in [5.74, 6) is 2.34. The van der Waals surface area contributed by atoms with Crippen LogP contribution in [-0.4, -0.2) is 58.6 Å². The molecule has 24 heavy (non-hydrogen) atoms. The fourth-order valence-electron chi connectivity index (χ4n) is 3.86. The molecule has 0 unspecified atom stereocenters. The lowest BCUT2D eigenvalue weighted by atomic mass is 9.93. The van der Waals surface area contributed by atoms with Gasteiger partial charge in [-0.1, -0.05) is 11.6 Å². The van der Waals surface area contributed by atoms with E-state index in [0.29, 0.717) is 24.1 Å². The molecule has 1 aromatic heterocycles. The zero-order valence-electron chi connectivity index (χ0n) is 14.9. The highest BCUT2D eigenvalue weighted by Gasteiger charge is 2.24. The van der Waals surface area contributed by atoms with Crippen LogP contribution in [0.5, 0.6) is 0 Å². The molecule has 6 nitrogen and oxygen atoms in total. The highest BCUT2D eigenvalue weighted by molar-refractivity contribution is 5.76. The van der Waals surface area contributed by atoms with E-state index in [-0.39, 0.29) is 0 Å². The molecule has 3 heterocycles. The maximum atomic E-state index is 12.4. The minimum Gasteiger partial charge on any atom is -0.343 e. The van der Waals surface area contributed by atoms with E-state index in [1.807, 2.05) is 11.8 Å². The minimum absolute atomic E-state index is 0.334. The number of likely N-dealkylation sites (tertiary alicyclic amines) is 2. The van der Waals surface area contributed by atoms with Crippen LogP contribution in [0.4, 0.5) is 0 Å². The molecule has 0 N–H and O–H groups in total. The summed E-state index contributed by atoms with van der Waals surface area (Å²) < 4.78 is 5.03. The molecular weight excluding hydrogens is 304 g/mol. The second kappa shape index (κ2) is 8.60. The molecule has 134 valence electrons. The van der Waals surface area contributed by atoms with E-state index in [2.05, 4.69) is 15.0 Å². The van der Waals surface area contributed by atoms with Gasteiger partial charge in [-0.2, -0.15) is 4.98 Å². The molecule has 3 rings (SSSR count). The van der Waals surface area contributed by atoms with Crippen molar-refractivity contribution in [2.24, 2.45) is 5.92 Å². The van der Waals surface area contributed by atoms with Gasteiger partial charge in [-0.25, -0.2) is 0 Å². The summed E-state index contributed by atoms with van der Waals surface area (Å²) in [6.45, 7) is 7.10. The average Bonchev–Trinajstić information content (AvgIpc) is 3.01. The van der Waals surface area contributed by atoms with Crippen molar-refractivity contribution in [1.82, 2.24) is 19.9 Å². The molecule has 0 aromatic carbocycles. The van der Waals surface area contributed by atoms with Gasteiger partial charge in [0.25, 0.3) is 0 Å². The van der Waals surface area contributed by atoms with E-state index in [1.54, 1.807) is 0 Å². The number of nitrogens with zero attached hydrogens (tertiary/aromatic N) is 4. The Morgan fingerprint density at radius 1 is 1.17 bits per heavy atom. The number of amides is 1. The number of carbonyl (C=O) groups is 1. The second-order valence-corrected chi connectivity index (χ2v) is 7.26. The highest BCUT2D eigenvalue weighted by Crippen LogP contribution is 2.21.